The smallest absolute Gasteiger partial charge is 0.411 e. The van der Waals surface area contributed by atoms with Crippen LogP contribution in [-0.2, 0) is 9.47 Å². The number of hydrogen-bond donors (Lipinski definition) is 4. The van der Waals surface area contributed by atoms with Gasteiger partial charge in [0, 0.05) is 25.2 Å². The first-order chi connectivity index (χ1) is 28.5. The van der Waals surface area contributed by atoms with Crippen molar-refractivity contribution in [3.63, 3.8) is 0 Å². The van der Waals surface area contributed by atoms with E-state index in [2.05, 4.69) is 23.8 Å². The Bertz CT molecular complexity index is 1760. The van der Waals surface area contributed by atoms with E-state index in [-0.39, 0.29) is 73.6 Å². The minimum atomic E-state index is -0.789. The number of anilines is 2. The summed E-state index contributed by atoms with van der Waals surface area (Å²) < 4.78 is 33.6. The number of aliphatic hydroxyl groups excluding tert-OH is 2. The van der Waals surface area contributed by atoms with E-state index in [1.54, 1.807) is 9.80 Å². The number of rotatable bonds is 20. The van der Waals surface area contributed by atoms with Crippen molar-refractivity contribution in [3.05, 3.63) is 84.0 Å². The average molecular weight is 821 g/mol. The van der Waals surface area contributed by atoms with Crippen molar-refractivity contribution in [2.75, 3.05) is 77.6 Å². The fourth-order valence-corrected chi connectivity index (χ4v) is 6.71. The van der Waals surface area contributed by atoms with Gasteiger partial charge in [0.25, 0.3) is 11.8 Å². The average Bonchev–Trinajstić information content (AvgIpc) is 3.88. The van der Waals surface area contributed by atoms with Gasteiger partial charge < -0.3 is 48.4 Å². The topological polar surface area (TPSA) is 195 Å². The number of amides is 4. The van der Waals surface area contributed by atoms with Gasteiger partial charge in [-0.3, -0.25) is 20.2 Å². The second kappa shape index (κ2) is 22.8. The maximum atomic E-state index is 13.8. The molecule has 4 amide bonds. The molecule has 16 heteroatoms. The summed E-state index contributed by atoms with van der Waals surface area (Å²) in [7, 11) is 2.90. The molecule has 2 atom stereocenters. The fraction of sp³-hybridized carbons (Fsp3) is 0.442. The summed E-state index contributed by atoms with van der Waals surface area (Å²) in [5, 5.41) is 25.3. The molecular formula is C43H56N4O12. The third kappa shape index (κ3) is 12.0. The SMILES string of the molecule is C=CCOC(=O)Nc1cc(OCCCCCOc2cc(NC(=O)OCC=C)c(C(=O)N3CC(=CC)C[C@H]3CO)cc2OC)c(OC)cc1C(=O)N1CC(=CC)C[C@H]1CO. The van der Waals surface area contributed by atoms with Crippen LogP contribution in [0.5, 0.6) is 23.0 Å². The third-order valence-electron chi connectivity index (χ3n) is 9.89. The highest BCUT2D eigenvalue weighted by Gasteiger charge is 2.35. The van der Waals surface area contributed by atoms with Crippen molar-refractivity contribution in [2.24, 2.45) is 0 Å². The standard InChI is InChI=1S/C43H56N4O12/c1-7-14-58-42(52)44-34-22-38(36(54-5)20-32(34)40(50)46-24-28(9-3)18-30(46)26-48)56-16-12-11-13-17-57-39-23-35(45-43(53)59-15-8-2)33(21-37(39)55-6)41(51)47-25-29(10-4)19-31(47)27-49/h7-10,20-23,30-31,48-49H,1-2,11-19,24-27H2,3-6H3,(H,44,52)(H,45,53)/t30-,31-/m0/s1. The molecule has 4 N–H and O–H groups in total. The Morgan fingerprint density at radius 1 is 0.678 bits per heavy atom. The monoisotopic (exact) mass is 820 g/mol. The molecular weight excluding hydrogens is 764 g/mol. The molecule has 2 aromatic rings. The normalized spacial score (nSPS) is 17.4. The lowest BCUT2D eigenvalue weighted by Gasteiger charge is -2.25. The van der Waals surface area contributed by atoms with Crippen LogP contribution in [0.15, 0.2) is 72.9 Å². The number of hydrogen-bond acceptors (Lipinski definition) is 12. The molecule has 16 nitrogen and oxygen atoms in total. The van der Waals surface area contributed by atoms with Gasteiger partial charge >= 0.3 is 12.2 Å². The van der Waals surface area contributed by atoms with Crippen molar-refractivity contribution < 1.29 is 57.8 Å². The van der Waals surface area contributed by atoms with Gasteiger partial charge in [0.05, 0.1) is 75.2 Å². The number of likely N-dealkylation sites (tertiary alicyclic amines) is 2. The summed E-state index contributed by atoms with van der Waals surface area (Å²) in [4.78, 5) is 56.0. The highest BCUT2D eigenvalue weighted by atomic mass is 16.6. The predicted molar refractivity (Wildman–Crippen MR) is 222 cm³/mol. The molecule has 4 rings (SSSR count). The maximum Gasteiger partial charge on any atom is 0.411 e. The van der Waals surface area contributed by atoms with Gasteiger partial charge in [0.1, 0.15) is 13.2 Å². The van der Waals surface area contributed by atoms with E-state index in [1.807, 2.05) is 26.0 Å². The Morgan fingerprint density at radius 3 is 1.42 bits per heavy atom. The summed E-state index contributed by atoms with van der Waals surface area (Å²) in [6.07, 6.45) is 8.06. The first-order valence-corrected chi connectivity index (χ1v) is 19.5. The van der Waals surface area contributed by atoms with Gasteiger partial charge in [0.2, 0.25) is 0 Å². The van der Waals surface area contributed by atoms with Crippen LogP contribution in [0, 0.1) is 0 Å². The van der Waals surface area contributed by atoms with Gasteiger partial charge in [-0.1, -0.05) is 48.6 Å². The highest BCUT2D eigenvalue weighted by molar-refractivity contribution is 6.05. The van der Waals surface area contributed by atoms with Gasteiger partial charge in [-0.05, 0) is 58.1 Å². The van der Waals surface area contributed by atoms with Crippen LogP contribution in [0.3, 0.4) is 0 Å². The zero-order chi connectivity index (χ0) is 42.9. The number of nitrogens with one attached hydrogen (secondary N) is 2. The predicted octanol–water partition coefficient (Wildman–Crippen LogP) is 6.11. The molecule has 59 heavy (non-hydrogen) atoms. The van der Waals surface area contributed by atoms with Gasteiger partial charge in [-0.2, -0.15) is 0 Å². The number of nitrogens with zero attached hydrogens (tertiary/aromatic N) is 2. The first-order valence-electron chi connectivity index (χ1n) is 19.5. The third-order valence-corrected chi connectivity index (χ3v) is 9.89. The van der Waals surface area contributed by atoms with Crippen molar-refractivity contribution >= 4 is 35.4 Å². The molecule has 2 fully saturated rings. The summed E-state index contributed by atoms with van der Waals surface area (Å²) in [6, 6.07) is 5.19. The molecule has 2 heterocycles. The van der Waals surface area contributed by atoms with E-state index in [9.17, 15) is 29.4 Å². The molecule has 0 radical (unpaired) electrons. The van der Waals surface area contributed by atoms with Crippen LogP contribution in [0.4, 0.5) is 21.0 Å². The minimum Gasteiger partial charge on any atom is -0.493 e. The lowest BCUT2D eigenvalue weighted by molar-refractivity contribution is 0.0674. The van der Waals surface area contributed by atoms with E-state index < -0.39 is 36.1 Å². The first kappa shape index (κ1) is 45.7. The van der Waals surface area contributed by atoms with Crippen LogP contribution in [0.2, 0.25) is 0 Å². The molecule has 2 aliphatic rings. The number of allylic oxidation sites excluding steroid dienone is 2. The largest absolute Gasteiger partial charge is 0.493 e. The van der Waals surface area contributed by atoms with E-state index in [1.165, 1.54) is 50.6 Å². The lowest BCUT2D eigenvalue weighted by atomic mass is 10.1. The molecule has 0 spiro atoms. The van der Waals surface area contributed by atoms with Gasteiger partial charge in [-0.15, -0.1) is 0 Å². The van der Waals surface area contributed by atoms with Crippen LogP contribution in [0.1, 0.15) is 66.7 Å². The van der Waals surface area contributed by atoms with E-state index in [4.69, 9.17) is 28.4 Å². The number of benzene rings is 2. The molecule has 0 bridgehead atoms. The molecule has 2 aliphatic heterocycles. The number of unbranched alkanes of at least 4 members (excludes halogenated alkanes) is 2. The quantitative estimate of drug-likeness (QED) is 0.0886. The van der Waals surface area contributed by atoms with Crippen molar-refractivity contribution in [1.82, 2.24) is 9.80 Å². The fourth-order valence-electron chi connectivity index (χ4n) is 6.71. The zero-order valence-electron chi connectivity index (χ0n) is 34.3. The highest BCUT2D eigenvalue weighted by Crippen LogP contribution is 2.38. The lowest BCUT2D eigenvalue weighted by Crippen LogP contribution is -2.38. The molecule has 0 aliphatic carbocycles. The molecule has 0 saturated carbocycles. The van der Waals surface area contributed by atoms with Crippen LogP contribution < -0.4 is 29.6 Å². The second-order valence-corrected chi connectivity index (χ2v) is 13.7. The Hall–Kier alpha value is -6.00. The minimum absolute atomic E-state index is 0.0371. The van der Waals surface area contributed by atoms with Crippen LogP contribution in [0.25, 0.3) is 0 Å². The number of methoxy groups -OCH3 is 2. The maximum absolute atomic E-state index is 13.8. The number of ether oxygens (including phenoxy) is 6. The van der Waals surface area contributed by atoms with E-state index in [0.29, 0.717) is 56.7 Å². The van der Waals surface area contributed by atoms with Crippen LogP contribution >= 0.6 is 0 Å². The van der Waals surface area contributed by atoms with Crippen molar-refractivity contribution in [3.8, 4) is 23.0 Å². The molecule has 0 unspecified atom stereocenters. The Balaban J connectivity index is 1.44. The van der Waals surface area contributed by atoms with E-state index in [0.717, 1.165) is 11.1 Å². The van der Waals surface area contributed by atoms with Crippen molar-refractivity contribution in [1.29, 1.82) is 0 Å². The van der Waals surface area contributed by atoms with Gasteiger partial charge in [0.15, 0.2) is 23.0 Å². The Kier molecular flexibility index (Phi) is 17.7. The Morgan fingerprint density at radius 2 is 1.08 bits per heavy atom. The summed E-state index contributed by atoms with van der Waals surface area (Å²) >= 11 is 0. The number of aliphatic hydroxyl groups is 2. The van der Waals surface area contributed by atoms with Gasteiger partial charge in [-0.25, -0.2) is 9.59 Å². The van der Waals surface area contributed by atoms with E-state index >= 15 is 0 Å². The summed E-state index contributed by atoms with van der Waals surface area (Å²) in [5.74, 6) is 0.338. The second-order valence-electron chi connectivity index (χ2n) is 13.7. The summed E-state index contributed by atoms with van der Waals surface area (Å²) in [6.45, 7) is 11.6. The molecule has 0 aromatic heterocycles. The molecule has 2 aromatic carbocycles. The molecule has 320 valence electrons. The molecule has 2 saturated heterocycles. The summed E-state index contributed by atoms with van der Waals surface area (Å²) in [5.41, 5.74) is 2.62. The number of carbonyl (C=O) groups excluding carboxylic acids is 4. The Labute approximate surface area is 345 Å². The van der Waals surface area contributed by atoms with Crippen molar-refractivity contribution in [2.45, 2.75) is 58.0 Å². The zero-order valence-corrected chi connectivity index (χ0v) is 34.3. The van der Waals surface area contributed by atoms with Crippen LogP contribution in [-0.4, -0.2) is 123 Å². The number of carbonyl (C=O) groups is 4.